The topological polar surface area (TPSA) is 111 Å². The quantitative estimate of drug-likeness (QED) is 0.250. The van der Waals surface area contributed by atoms with Crippen molar-refractivity contribution in [1.82, 2.24) is 5.43 Å². The summed E-state index contributed by atoms with van der Waals surface area (Å²) in [4.78, 5) is 34.6. The van der Waals surface area contributed by atoms with E-state index in [2.05, 4.69) is 5.32 Å². The lowest BCUT2D eigenvalue weighted by Crippen LogP contribution is -2.39. The SMILES string of the molecule is COC(=O)C(C)(C)C1CCC(c2ccc(NC(=O)C(=O)NN)cc2)CC1. The summed E-state index contributed by atoms with van der Waals surface area (Å²) in [7, 11) is 1.44. The summed E-state index contributed by atoms with van der Waals surface area (Å²) < 4.78 is 4.94. The smallest absolute Gasteiger partial charge is 0.323 e. The average Bonchev–Trinajstić information content (AvgIpc) is 2.67. The van der Waals surface area contributed by atoms with Crippen molar-refractivity contribution < 1.29 is 19.1 Å². The summed E-state index contributed by atoms with van der Waals surface area (Å²) >= 11 is 0. The molecule has 26 heavy (non-hydrogen) atoms. The van der Waals surface area contributed by atoms with E-state index in [1.54, 1.807) is 17.6 Å². The van der Waals surface area contributed by atoms with Crippen LogP contribution in [0.1, 0.15) is 51.0 Å². The Morgan fingerprint density at radius 1 is 1.04 bits per heavy atom. The first-order valence-corrected chi connectivity index (χ1v) is 8.80. The second-order valence-corrected chi connectivity index (χ2v) is 7.31. The first-order chi connectivity index (χ1) is 12.3. The van der Waals surface area contributed by atoms with Gasteiger partial charge in [0.1, 0.15) is 0 Å². The number of nitrogens with one attached hydrogen (secondary N) is 2. The molecule has 142 valence electrons. The molecule has 1 aromatic carbocycles. The third kappa shape index (κ3) is 4.40. The van der Waals surface area contributed by atoms with Crippen LogP contribution in [-0.4, -0.2) is 24.9 Å². The monoisotopic (exact) mass is 361 g/mol. The Bertz CT molecular complexity index is 662. The number of hydrogen-bond donors (Lipinski definition) is 3. The predicted molar refractivity (Wildman–Crippen MR) is 97.9 cm³/mol. The van der Waals surface area contributed by atoms with Crippen molar-refractivity contribution >= 4 is 23.5 Å². The summed E-state index contributed by atoms with van der Waals surface area (Å²) in [6, 6.07) is 7.49. The molecule has 4 N–H and O–H groups in total. The van der Waals surface area contributed by atoms with Gasteiger partial charge in [-0.1, -0.05) is 12.1 Å². The van der Waals surface area contributed by atoms with Crippen molar-refractivity contribution in [3.05, 3.63) is 29.8 Å². The molecule has 7 heteroatoms. The molecule has 0 heterocycles. The summed E-state index contributed by atoms with van der Waals surface area (Å²) in [5.41, 5.74) is 3.07. The number of nitrogens with two attached hydrogens (primary N) is 1. The lowest BCUT2D eigenvalue weighted by molar-refractivity contribution is -0.154. The van der Waals surface area contributed by atoms with E-state index < -0.39 is 17.2 Å². The average molecular weight is 361 g/mol. The zero-order chi connectivity index (χ0) is 19.3. The minimum Gasteiger partial charge on any atom is -0.469 e. The Labute approximate surface area is 153 Å². The number of rotatable bonds is 4. The molecule has 0 aromatic heterocycles. The highest BCUT2D eigenvalue weighted by Gasteiger charge is 2.39. The number of esters is 1. The van der Waals surface area contributed by atoms with Crippen molar-refractivity contribution in [2.75, 3.05) is 12.4 Å². The molecule has 0 radical (unpaired) electrons. The highest BCUT2D eigenvalue weighted by atomic mass is 16.5. The van der Waals surface area contributed by atoms with Crippen molar-refractivity contribution in [2.24, 2.45) is 17.2 Å². The van der Waals surface area contributed by atoms with Gasteiger partial charge in [-0.05, 0) is 69.1 Å². The molecule has 0 unspecified atom stereocenters. The van der Waals surface area contributed by atoms with Crippen LogP contribution in [0.3, 0.4) is 0 Å². The fourth-order valence-electron chi connectivity index (χ4n) is 3.67. The van der Waals surface area contributed by atoms with Crippen LogP contribution < -0.4 is 16.6 Å². The second kappa shape index (κ2) is 8.31. The van der Waals surface area contributed by atoms with Gasteiger partial charge in [0.2, 0.25) is 0 Å². The van der Waals surface area contributed by atoms with E-state index in [0.29, 0.717) is 17.5 Å². The molecular weight excluding hydrogens is 334 g/mol. The Kier molecular flexibility index (Phi) is 6.37. The van der Waals surface area contributed by atoms with E-state index in [1.165, 1.54) is 12.7 Å². The molecule has 0 bridgehead atoms. The van der Waals surface area contributed by atoms with Crippen molar-refractivity contribution in [2.45, 2.75) is 45.4 Å². The summed E-state index contributed by atoms with van der Waals surface area (Å²) in [6.45, 7) is 3.91. The molecule has 0 spiro atoms. The number of carbonyl (C=O) groups excluding carboxylic acids is 3. The molecule has 2 amide bonds. The highest BCUT2D eigenvalue weighted by molar-refractivity contribution is 6.39. The fourth-order valence-corrected chi connectivity index (χ4v) is 3.67. The minimum atomic E-state index is -0.888. The number of amides is 2. The normalized spacial score (nSPS) is 20.2. The first-order valence-electron chi connectivity index (χ1n) is 8.80. The number of anilines is 1. The molecule has 2 rings (SSSR count). The molecule has 1 fully saturated rings. The van der Waals surface area contributed by atoms with Crippen LogP contribution >= 0.6 is 0 Å². The van der Waals surface area contributed by atoms with Gasteiger partial charge in [0.05, 0.1) is 12.5 Å². The second-order valence-electron chi connectivity index (χ2n) is 7.31. The standard InChI is InChI=1S/C19H27N3O4/c1-19(2,18(25)26-3)14-8-4-12(5-9-14)13-6-10-15(11-7-13)21-16(23)17(24)22-20/h6-7,10-12,14H,4-5,8-9,20H2,1-3H3,(H,21,23)(H,22,24). The zero-order valence-corrected chi connectivity index (χ0v) is 15.5. The van der Waals surface area contributed by atoms with Crippen LogP contribution in [0.15, 0.2) is 24.3 Å². The van der Waals surface area contributed by atoms with Crippen molar-refractivity contribution in [3.63, 3.8) is 0 Å². The largest absolute Gasteiger partial charge is 0.469 e. The van der Waals surface area contributed by atoms with E-state index >= 15 is 0 Å². The molecule has 0 atom stereocenters. The Morgan fingerprint density at radius 2 is 1.62 bits per heavy atom. The fraction of sp³-hybridized carbons (Fsp3) is 0.526. The maximum atomic E-state index is 12.0. The first kappa shape index (κ1) is 19.9. The molecule has 1 aromatic rings. The van der Waals surface area contributed by atoms with Crippen LogP contribution in [0, 0.1) is 11.3 Å². The predicted octanol–water partition coefficient (Wildman–Crippen LogP) is 2.09. The van der Waals surface area contributed by atoms with Gasteiger partial charge in [0.15, 0.2) is 0 Å². The zero-order valence-electron chi connectivity index (χ0n) is 15.5. The number of hydrogen-bond acceptors (Lipinski definition) is 5. The lowest BCUT2D eigenvalue weighted by atomic mass is 9.67. The van der Waals surface area contributed by atoms with Crippen LogP contribution in [0.2, 0.25) is 0 Å². The van der Waals surface area contributed by atoms with Gasteiger partial charge in [0.25, 0.3) is 0 Å². The summed E-state index contributed by atoms with van der Waals surface area (Å²) in [6.07, 6.45) is 3.96. The van der Waals surface area contributed by atoms with Crippen molar-refractivity contribution in [1.29, 1.82) is 0 Å². The van der Waals surface area contributed by atoms with Crippen LogP contribution in [0.5, 0.6) is 0 Å². The van der Waals surface area contributed by atoms with Gasteiger partial charge < -0.3 is 10.1 Å². The molecule has 1 aliphatic rings. The number of hydrazine groups is 1. The van der Waals surface area contributed by atoms with Crippen molar-refractivity contribution in [3.8, 4) is 0 Å². The van der Waals surface area contributed by atoms with E-state index in [1.807, 2.05) is 26.0 Å². The molecule has 0 saturated heterocycles. The van der Waals surface area contributed by atoms with Crippen LogP contribution in [0.25, 0.3) is 0 Å². The van der Waals surface area contributed by atoms with Gasteiger partial charge in [0, 0.05) is 5.69 Å². The number of methoxy groups -OCH3 is 1. The third-order valence-electron chi connectivity index (χ3n) is 5.44. The Balaban J connectivity index is 1.94. The van der Waals surface area contributed by atoms with Crippen LogP contribution in [-0.2, 0) is 19.1 Å². The summed E-state index contributed by atoms with van der Waals surface area (Å²) in [5, 5.41) is 2.49. The molecular formula is C19H27N3O4. The van der Waals surface area contributed by atoms with Gasteiger partial charge in [-0.15, -0.1) is 0 Å². The number of ether oxygens (including phenoxy) is 1. The van der Waals surface area contributed by atoms with Gasteiger partial charge in [-0.3, -0.25) is 19.8 Å². The summed E-state index contributed by atoms with van der Waals surface area (Å²) in [5.74, 6) is 3.84. The van der Waals surface area contributed by atoms with Gasteiger partial charge in [-0.25, -0.2) is 5.84 Å². The number of benzene rings is 1. The Hall–Kier alpha value is -2.41. The molecule has 1 saturated carbocycles. The van der Waals surface area contributed by atoms with E-state index in [9.17, 15) is 14.4 Å². The third-order valence-corrected chi connectivity index (χ3v) is 5.44. The maximum Gasteiger partial charge on any atom is 0.323 e. The molecule has 1 aliphatic carbocycles. The highest BCUT2D eigenvalue weighted by Crippen LogP contribution is 2.44. The van der Waals surface area contributed by atoms with E-state index in [4.69, 9.17) is 10.6 Å². The molecule has 0 aliphatic heterocycles. The van der Waals surface area contributed by atoms with E-state index in [-0.39, 0.29) is 5.97 Å². The molecule has 7 nitrogen and oxygen atoms in total. The number of carbonyl (C=O) groups is 3. The Morgan fingerprint density at radius 3 is 2.12 bits per heavy atom. The van der Waals surface area contributed by atoms with Crippen LogP contribution in [0.4, 0.5) is 5.69 Å². The maximum absolute atomic E-state index is 12.0. The van der Waals surface area contributed by atoms with Gasteiger partial charge in [-0.2, -0.15) is 0 Å². The van der Waals surface area contributed by atoms with E-state index in [0.717, 1.165) is 25.7 Å². The van der Waals surface area contributed by atoms with Gasteiger partial charge >= 0.3 is 17.8 Å². The lowest BCUT2D eigenvalue weighted by Gasteiger charge is -2.37. The minimum absolute atomic E-state index is 0.150.